The molecule has 0 heterocycles. The summed E-state index contributed by atoms with van der Waals surface area (Å²) >= 11 is 0. The van der Waals surface area contributed by atoms with Crippen molar-refractivity contribution in [2.24, 2.45) is 0 Å². The van der Waals surface area contributed by atoms with Crippen molar-refractivity contribution < 1.29 is 9.53 Å². The molecule has 0 aromatic heterocycles. The number of benzene rings is 1. The molecule has 1 aromatic carbocycles. The lowest BCUT2D eigenvalue weighted by atomic mass is 10.1. The van der Waals surface area contributed by atoms with Gasteiger partial charge in [-0.1, -0.05) is 29.8 Å². The van der Waals surface area contributed by atoms with Gasteiger partial charge in [-0.15, -0.1) is 0 Å². The van der Waals surface area contributed by atoms with E-state index in [2.05, 4.69) is 36.5 Å². The topological polar surface area (TPSA) is 38.3 Å². The third kappa shape index (κ3) is 3.49. The molecule has 3 nitrogen and oxygen atoms in total. The smallest absolute Gasteiger partial charge is 0.407 e. The van der Waals surface area contributed by atoms with Gasteiger partial charge >= 0.3 is 6.09 Å². The maximum atomic E-state index is 11.6. The quantitative estimate of drug-likeness (QED) is 0.870. The van der Waals surface area contributed by atoms with Gasteiger partial charge in [0.05, 0.1) is 0 Å². The minimum Gasteiger partial charge on any atom is -0.444 e. The van der Waals surface area contributed by atoms with Crippen molar-refractivity contribution in [3.63, 3.8) is 0 Å². The van der Waals surface area contributed by atoms with Crippen LogP contribution in [0.1, 0.15) is 44.2 Å². The summed E-state index contributed by atoms with van der Waals surface area (Å²) in [6.07, 6.45) is 0.685. The zero-order valence-electron chi connectivity index (χ0n) is 11.5. The van der Waals surface area contributed by atoms with Crippen LogP contribution >= 0.6 is 0 Å². The summed E-state index contributed by atoms with van der Waals surface area (Å²) in [5, 5.41) is 2.91. The normalized spacial score (nSPS) is 22.4. The zero-order valence-corrected chi connectivity index (χ0v) is 11.5. The monoisotopic (exact) mass is 247 g/mol. The average Bonchev–Trinajstić information content (AvgIpc) is 2.95. The number of rotatable bonds is 2. The summed E-state index contributed by atoms with van der Waals surface area (Å²) in [6.45, 7) is 7.69. The van der Waals surface area contributed by atoms with Gasteiger partial charge in [0.1, 0.15) is 5.60 Å². The molecule has 18 heavy (non-hydrogen) atoms. The third-order valence-corrected chi connectivity index (χ3v) is 3.00. The van der Waals surface area contributed by atoms with E-state index in [0.717, 1.165) is 6.42 Å². The second-order valence-electron chi connectivity index (χ2n) is 6.01. The van der Waals surface area contributed by atoms with Crippen molar-refractivity contribution in [1.82, 2.24) is 5.32 Å². The van der Waals surface area contributed by atoms with E-state index in [1.54, 1.807) is 0 Å². The molecule has 1 amide bonds. The van der Waals surface area contributed by atoms with E-state index in [1.165, 1.54) is 11.1 Å². The first-order valence-electron chi connectivity index (χ1n) is 6.41. The molecule has 0 radical (unpaired) electrons. The summed E-state index contributed by atoms with van der Waals surface area (Å²) in [5.41, 5.74) is 2.12. The molecule has 2 atom stereocenters. The number of carbonyl (C=O) groups excluding carboxylic acids is 1. The summed E-state index contributed by atoms with van der Waals surface area (Å²) in [4.78, 5) is 11.6. The van der Waals surface area contributed by atoms with Gasteiger partial charge in [-0.25, -0.2) is 4.79 Å². The van der Waals surface area contributed by atoms with E-state index >= 15 is 0 Å². The number of hydrogen-bond donors (Lipinski definition) is 1. The fourth-order valence-electron chi connectivity index (χ4n) is 2.00. The van der Waals surface area contributed by atoms with Crippen molar-refractivity contribution in [2.75, 3.05) is 0 Å². The van der Waals surface area contributed by atoms with Gasteiger partial charge in [-0.3, -0.25) is 0 Å². The van der Waals surface area contributed by atoms with Crippen molar-refractivity contribution >= 4 is 6.09 Å². The Morgan fingerprint density at radius 3 is 2.44 bits per heavy atom. The van der Waals surface area contributed by atoms with Crippen molar-refractivity contribution in [2.45, 2.75) is 51.7 Å². The van der Waals surface area contributed by atoms with E-state index in [-0.39, 0.29) is 12.1 Å². The predicted molar refractivity (Wildman–Crippen MR) is 71.7 cm³/mol. The second kappa shape index (κ2) is 4.63. The SMILES string of the molecule is Cc1ccc([C@@H]2C[C@H]2NC(=O)OC(C)(C)C)cc1. The Morgan fingerprint density at radius 2 is 1.89 bits per heavy atom. The first-order chi connectivity index (χ1) is 8.35. The van der Waals surface area contributed by atoms with Gasteiger partial charge in [0.2, 0.25) is 0 Å². The molecule has 0 spiro atoms. The Morgan fingerprint density at radius 1 is 1.28 bits per heavy atom. The van der Waals surface area contributed by atoms with Crippen LogP contribution in [0.4, 0.5) is 4.79 Å². The molecule has 0 unspecified atom stereocenters. The molecule has 1 fully saturated rings. The highest BCUT2D eigenvalue weighted by atomic mass is 16.6. The largest absolute Gasteiger partial charge is 0.444 e. The first-order valence-corrected chi connectivity index (χ1v) is 6.41. The molecule has 1 aliphatic rings. The molecule has 0 aliphatic heterocycles. The molecule has 0 bridgehead atoms. The molecule has 1 aliphatic carbocycles. The minimum atomic E-state index is -0.432. The molecule has 3 heteroatoms. The summed E-state index contributed by atoms with van der Waals surface area (Å²) in [5.74, 6) is 0.443. The number of nitrogens with one attached hydrogen (secondary N) is 1. The highest BCUT2D eigenvalue weighted by Gasteiger charge is 2.40. The summed E-state index contributed by atoms with van der Waals surface area (Å²) in [6, 6.07) is 8.71. The maximum absolute atomic E-state index is 11.6. The Hall–Kier alpha value is -1.51. The number of amides is 1. The van der Waals surface area contributed by atoms with Gasteiger partial charge < -0.3 is 10.1 Å². The van der Waals surface area contributed by atoms with Gasteiger partial charge in [0.15, 0.2) is 0 Å². The van der Waals surface area contributed by atoms with Crippen LogP contribution in [0.2, 0.25) is 0 Å². The van der Waals surface area contributed by atoms with Crippen LogP contribution in [0, 0.1) is 6.92 Å². The molecule has 2 rings (SSSR count). The number of alkyl carbamates (subject to hydrolysis) is 1. The molecule has 1 aromatic rings. The Kier molecular flexibility index (Phi) is 3.33. The Balaban J connectivity index is 1.85. The van der Waals surface area contributed by atoms with Crippen molar-refractivity contribution in [3.05, 3.63) is 35.4 Å². The van der Waals surface area contributed by atoms with Crippen LogP contribution in [0.5, 0.6) is 0 Å². The molecule has 98 valence electrons. The highest BCUT2D eigenvalue weighted by Crippen LogP contribution is 2.40. The highest BCUT2D eigenvalue weighted by molar-refractivity contribution is 5.69. The second-order valence-corrected chi connectivity index (χ2v) is 6.01. The maximum Gasteiger partial charge on any atom is 0.407 e. The average molecular weight is 247 g/mol. The fourth-order valence-corrected chi connectivity index (χ4v) is 2.00. The number of aryl methyl sites for hydroxylation is 1. The van der Waals surface area contributed by atoms with Crippen LogP contribution in [0.15, 0.2) is 24.3 Å². The molecule has 1 saturated carbocycles. The molecule has 1 N–H and O–H groups in total. The van der Waals surface area contributed by atoms with Crippen LogP contribution in [0.3, 0.4) is 0 Å². The van der Waals surface area contributed by atoms with Crippen molar-refractivity contribution in [3.8, 4) is 0 Å². The van der Waals surface area contributed by atoms with E-state index in [4.69, 9.17) is 4.74 Å². The Bertz CT molecular complexity index is 431. The van der Waals surface area contributed by atoms with Crippen molar-refractivity contribution in [1.29, 1.82) is 0 Å². The van der Waals surface area contributed by atoms with Gasteiger partial charge in [0.25, 0.3) is 0 Å². The van der Waals surface area contributed by atoms with Crippen LogP contribution in [-0.2, 0) is 4.74 Å². The lowest BCUT2D eigenvalue weighted by Crippen LogP contribution is -2.34. The van der Waals surface area contributed by atoms with E-state index in [9.17, 15) is 4.79 Å². The standard InChI is InChI=1S/C15H21NO2/c1-10-5-7-11(8-6-10)12-9-13(12)16-14(17)18-15(2,3)4/h5-8,12-13H,9H2,1-4H3,(H,16,17)/t12-,13+/m0/s1. The molecular weight excluding hydrogens is 226 g/mol. The number of carbonyl (C=O) groups is 1. The van der Waals surface area contributed by atoms with Gasteiger partial charge in [-0.05, 0) is 39.7 Å². The first kappa shape index (κ1) is 12.9. The predicted octanol–water partition coefficient (Wildman–Crippen LogP) is 3.38. The zero-order chi connectivity index (χ0) is 13.3. The van der Waals surface area contributed by atoms with Gasteiger partial charge in [-0.2, -0.15) is 0 Å². The number of hydrogen-bond acceptors (Lipinski definition) is 2. The third-order valence-electron chi connectivity index (χ3n) is 3.00. The molecule has 0 saturated heterocycles. The van der Waals surface area contributed by atoms with Crippen LogP contribution < -0.4 is 5.32 Å². The van der Waals surface area contributed by atoms with E-state index < -0.39 is 5.60 Å². The summed E-state index contributed by atoms with van der Waals surface area (Å²) < 4.78 is 5.24. The van der Waals surface area contributed by atoms with E-state index in [0.29, 0.717) is 5.92 Å². The minimum absolute atomic E-state index is 0.225. The summed E-state index contributed by atoms with van der Waals surface area (Å²) in [7, 11) is 0. The van der Waals surface area contributed by atoms with Crippen LogP contribution in [-0.4, -0.2) is 17.7 Å². The van der Waals surface area contributed by atoms with E-state index in [1.807, 2.05) is 20.8 Å². The lowest BCUT2D eigenvalue weighted by molar-refractivity contribution is 0.0523. The molecular formula is C15H21NO2. The number of ether oxygens (including phenoxy) is 1. The fraction of sp³-hybridized carbons (Fsp3) is 0.533. The van der Waals surface area contributed by atoms with Gasteiger partial charge in [0, 0.05) is 12.0 Å². The Labute approximate surface area is 109 Å². The lowest BCUT2D eigenvalue weighted by Gasteiger charge is -2.19. The van der Waals surface area contributed by atoms with Crippen LogP contribution in [0.25, 0.3) is 0 Å².